The topological polar surface area (TPSA) is 66.6 Å². The Labute approximate surface area is 87.7 Å². The number of hydrogen-bond acceptors (Lipinski definition) is 4. The number of oxazole rings is 1. The van der Waals surface area contributed by atoms with Gasteiger partial charge in [-0.1, -0.05) is 0 Å². The van der Waals surface area contributed by atoms with Crippen molar-refractivity contribution in [3.63, 3.8) is 0 Å². The third-order valence-corrected chi connectivity index (χ3v) is 2.72. The number of nitrogens with zero attached hydrogens (tertiary/aromatic N) is 2. The van der Waals surface area contributed by atoms with E-state index in [1.165, 1.54) is 6.20 Å². The average Bonchev–Trinajstić information content (AvgIpc) is 2.76. The monoisotopic (exact) mass is 210 g/mol. The van der Waals surface area contributed by atoms with Crippen molar-refractivity contribution in [3.8, 4) is 0 Å². The van der Waals surface area contributed by atoms with Crippen LogP contribution in [0.25, 0.3) is 0 Å². The molecule has 2 heterocycles. The second kappa shape index (κ2) is 4.02. The van der Waals surface area contributed by atoms with Gasteiger partial charge in [-0.3, -0.25) is 0 Å². The van der Waals surface area contributed by atoms with E-state index in [0.717, 1.165) is 25.9 Å². The smallest absolute Gasteiger partial charge is 0.373 e. The van der Waals surface area contributed by atoms with Crippen LogP contribution in [-0.2, 0) is 6.42 Å². The number of carboxylic acid groups (broad SMARTS) is 1. The third kappa shape index (κ3) is 2.36. The summed E-state index contributed by atoms with van der Waals surface area (Å²) < 4.78 is 5.11. The average molecular weight is 210 g/mol. The van der Waals surface area contributed by atoms with Gasteiger partial charge in [0.15, 0.2) is 5.89 Å². The van der Waals surface area contributed by atoms with Gasteiger partial charge >= 0.3 is 5.97 Å². The largest absolute Gasteiger partial charge is 0.475 e. The standard InChI is InChI=1S/C10H14N2O3/c1-12-3-2-7(6-12)4-9-11-5-8(15-9)10(13)14/h5,7H,2-4,6H2,1H3,(H,13,14). The van der Waals surface area contributed by atoms with Crippen LogP contribution >= 0.6 is 0 Å². The normalized spacial score (nSPS) is 22.1. The minimum Gasteiger partial charge on any atom is -0.475 e. The molecule has 1 aliphatic rings. The van der Waals surface area contributed by atoms with E-state index in [1.807, 2.05) is 0 Å². The van der Waals surface area contributed by atoms with Crippen LogP contribution in [0.15, 0.2) is 10.6 Å². The molecule has 15 heavy (non-hydrogen) atoms. The van der Waals surface area contributed by atoms with Gasteiger partial charge in [-0.05, 0) is 25.9 Å². The SMILES string of the molecule is CN1CCC(Cc2ncc(C(=O)O)o2)C1. The van der Waals surface area contributed by atoms with E-state index >= 15 is 0 Å². The van der Waals surface area contributed by atoms with Crippen molar-refractivity contribution in [3.05, 3.63) is 17.8 Å². The molecular weight excluding hydrogens is 196 g/mol. The summed E-state index contributed by atoms with van der Waals surface area (Å²) >= 11 is 0. The highest BCUT2D eigenvalue weighted by Crippen LogP contribution is 2.19. The maximum Gasteiger partial charge on any atom is 0.373 e. The highest BCUT2D eigenvalue weighted by Gasteiger charge is 2.22. The van der Waals surface area contributed by atoms with Crippen molar-refractivity contribution >= 4 is 5.97 Å². The fraction of sp³-hybridized carbons (Fsp3) is 0.600. The minimum absolute atomic E-state index is 0.0728. The molecule has 82 valence electrons. The van der Waals surface area contributed by atoms with Crippen LogP contribution in [-0.4, -0.2) is 41.1 Å². The van der Waals surface area contributed by atoms with E-state index in [1.54, 1.807) is 0 Å². The number of rotatable bonds is 3. The lowest BCUT2D eigenvalue weighted by atomic mass is 10.1. The first-order valence-corrected chi connectivity index (χ1v) is 5.01. The number of carbonyl (C=O) groups is 1. The van der Waals surface area contributed by atoms with Crippen LogP contribution in [0, 0.1) is 5.92 Å². The molecule has 1 fully saturated rings. The van der Waals surface area contributed by atoms with Gasteiger partial charge in [-0.15, -0.1) is 0 Å². The van der Waals surface area contributed by atoms with E-state index in [2.05, 4.69) is 16.9 Å². The van der Waals surface area contributed by atoms with Crippen LogP contribution in [0.2, 0.25) is 0 Å². The minimum atomic E-state index is -1.06. The molecule has 0 aromatic carbocycles. The molecule has 1 aromatic heterocycles. The molecule has 5 heteroatoms. The number of carboxylic acids is 1. The molecule has 1 aromatic rings. The molecule has 0 spiro atoms. The molecule has 1 atom stereocenters. The van der Waals surface area contributed by atoms with Crippen molar-refractivity contribution < 1.29 is 14.3 Å². The predicted molar refractivity (Wildman–Crippen MR) is 52.8 cm³/mol. The zero-order chi connectivity index (χ0) is 10.8. The van der Waals surface area contributed by atoms with Crippen molar-refractivity contribution in [1.82, 2.24) is 9.88 Å². The fourth-order valence-corrected chi connectivity index (χ4v) is 1.94. The summed E-state index contributed by atoms with van der Waals surface area (Å²) in [6, 6.07) is 0. The van der Waals surface area contributed by atoms with Crippen LogP contribution < -0.4 is 0 Å². The van der Waals surface area contributed by atoms with Gasteiger partial charge in [-0.25, -0.2) is 9.78 Å². The van der Waals surface area contributed by atoms with E-state index in [-0.39, 0.29) is 5.76 Å². The Hall–Kier alpha value is -1.36. The fourth-order valence-electron chi connectivity index (χ4n) is 1.94. The molecule has 1 N–H and O–H groups in total. The lowest BCUT2D eigenvalue weighted by Gasteiger charge is -2.07. The quantitative estimate of drug-likeness (QED) is 0.801. The van der Waals surface area contributed by atoms with Crippen LogP contribution in [0.3, 0.4) is 0 Å². The van der Waals surface area contributed by atoms with Crippen molar-refractivity contribution in [2.75, 3.05) is 20.1 Å². The molecule has 0 saturated carbocycles. The molecule has 0 radical (unpaired) electrons. The summed E-state index contributed by atoms with van der Waals surface area (Å²) in [5.41, 5.74) is 0. The van der Waals surface area contributed by atoms with Gasteiger partial charge in [0.05, 0.1) is 6.20 Å². The maximum atomic E-state index is 10.6. The number of aromatic carboxylic acids is 1. The first-order chi connectivity index (χ1) is 7.15. The Bertz CT molecular complexity index is 361. The summed E-state index contributed by atoms with van der Waals surface area (Å²) in [5, 5.41) is 8.66. The Morgan fingerprint density at radius 2 is 2.60 bits per heavy atom. The third-order valence-electron chi connectivity index (χ3n) is 2.72. The van der Waals surface area contributed by atoms with Gasteiger partial charge < -0.3 is 14.4 Å². The van der Waals surface area contributed by atoms with Crippen LogP contribution in [0.1, 0.15) is 22.9 Å². The zero-order valence-corrected chi connectivity index (χ0v) is 8.64. The van der Waals surface area contributed by atoms with Crippen LogP contribution in [0.4, 0.5) is 0 Å². The first kappa shape index (κ1) is 10.2. The lowest BCUT2D eigenvalue weighted by Crippen LogP contribution is -2.15. The Morgan fingerprint density at radius 1 is 1.80 bits per heavy atom. The Kier molecular flexibility index (Phi) is 2.73. The molecule has 5 nitrogen and oxygen atoms in total. The number of likely N-dealkylation sites (tertiary alicyclic amines) is 1. The highest BCUT2D eigenvalue weighted by molar-refractivity contribution is 5.83. The summed E-state index contributed by atoms with van der Waals surface area (Å²) in [6.07, 6.45) is 3.13. The summed E-state index contributed by atoms with van der Waals surface area (Å²) in [6.45, 7) is 2.13. The summed E-state index contributed by atoms with van der Waals surface area (Å²) in [7, 11) is 2.08. The lowest BCUT2D eigenvalue weighted by molar-refractivity contribution is 0.0660. The molecule has 0 aliphatic carbocycles. The van der Waals surface area contributed by atoms with Crippen molar-refractivity contribution in [2.24, 2.45) is 5.92 Å². The summed E-state index contributed by atoms with van der Waals surface area (Å²) in [5.74, 6) is -0.0587. The number of hydrogen-bond donors (Lipinski definition) is 1. The van der Waals surface area contributed by atoms with Gasteiger partial charge in [0.2, 0.25) is 5.76 Å². The highest BCUT2D eigenvalue weighted by atomic mass is 16.4. The van der Waals surface area contributed by atoms with E-state index in [9.17, 15) is 4.79 Å². The molecule has 0 amide bonds. The van der Waals surface area contributed by atoms with Gasteiger partial charge in [-0.2, -0.15) is 0 Å². The van der Waals surface area contributed by atoms with Crippen molar-refractivity contribution in [2.45, 2.75) is 12.8 Å². The predicted octanol–water partition coefficient (Wildman–Crippen LogP) is 0.867. The van der Waals surface area contributed by atoms with E-state index in [0.29, 0.717) is 11.8 Å². The Morgan fingerprint density at radius 3 is 3.13 bits per heavy atom. The van der Waals surface area contributed by atoms with E-state index < -0.39 is 5.97 Å². The van der Waals surface area contributed by atoms with Crippen molar-refractivity contribution in [1.29, 1.82) is 0 Å². The number of aromatic nitrogens is 1. The molecular formula is C10H14N2O3. The summed E-state index contributed by atoms with van der Waals surface area (Å²) in [4.78, 5) is 16.8. The first-order valence-electron chi connectivity index (χ1n) is 5.01. The maximum absolute atomic E-state index is 10.6. The second-order valence-corrected chi connectivity index (χ2v) is 4.04. The van der Waals surface area contributed by atoms with Crippen LogP contribution in [0.5, 0.6) is 0 Å². The molecule has 0 bridgehead atoms. The molecule has 1 unspecified atom stereocenters. The molecule has 1 aliphatic heterocycles. The van der Waals surface area contributed by atoms with Gasteiger partial charge in [0, 0.05) is 13.0 Å². The molecule has 1 saturated heterocycles. The Balaban J connectivity index is 1.96. The molecule has 2 rings (SSSR count). The second-order valence-electron chi connectivity index (χ2n) is 4.04. The van der Waals surface area contributed by atoms with Gasteiger partial charge in [0.1, 0.15) is 0 Å². The van der Waals surface area contributed by atoms with E-state index in [4.69, 9.17) is 9.52 Å². The van der Waals surface area contributed by atoms with Gasteiger partial charge in [0.25, 0.3) is 0 Å². The zero-order valence-electron chi connectivity index (χ0n) is 8.64.